The first-order valence-electron chi connectivity index (χ1n) is 6.32. The molecule has 0 aliphatic rings. The molecule has 0 atom stereocenters. The number of hydrogen-bond donors (Lipinski definition) is 2. The molecule has 0 bridgehead atoms. The fourth-order valence-corrected chi connectivity index (χ4v) is 2.34. The summed E-state index contributed by atoms with van der Waals surface area (Å²) in [5, 5.41) is 9.19. The number of alkyl halides is 3. The Bertz CT molecular complexity index is 891. The number of nitrogens with zero attached hydrogens (tertiary/aromatic N) is 2. The predicted molar refractivity (Wildman–Crippen MR) is 78.3 cm³/mol. The lowest BCUT2D eigenvalue weighted by Gasteiger charge is -2.13. The largest absolute Gasteiger partial charge is 0.417 e. The van der Waals surface area contributed by atoms with E-state index in [1.807, 2.05) is 0 Å². The average molecular weight is 341 g/mol. The highest BCUT2D eigenvalue weighted by Gasteiger charge is 2.36. The quantitative estimate of drug-likeness (QED) is 0.743. The Hall–Kier alpha value is -2.61. The second-order valence-corrected chi connectivity index (χ2v) is 5.05. The van der Waals surface area contributed by atoms with E-state index in [4.69, 9.17) is 11.6 Å². The van der Waals surface area contributed by atoms with Gasteiger partial charge in [-0.05, 0) is 12.1 Å². The second kappa shape index (κ2) is 5.54. The Morgan fingerprint density at radius 3 is 2.78 bits per heavy atom. The smallest absolute Gasteiger partial charge is 0.306 e. The van der Waals surface area contributed by atoms with E-state index in [0.29, 0.717) is 10.9 Å². The summed E-state index contributed by atoms with van der Waals surface area (Å²) in [5.74, 6) is -0.908. The normalized spacial score (nSPS) is 11.7. The van der Waals surface area contributed by atoms with Gasteiger partial charge in [0.2, 0.25) is 0 Å². The van der Waals surface area contributed by atoms with Crippen molar-refractivity contribution in [3.63, 3.8) is 0 Å². The lowest BCUT2D eigenvalue weighted by molar-refractivity contribution is -0.137. The molecule has 0 aliphatic carbocycles. The summed E-state index contributed by atoms with van der Waals surface area (Å²) in [4.78, 5) is 16.2. The summed E-state index contributed by atoms with van der Waals surface area (Å²) < 4.78 is 39.1. The Balaban J connectivity index is 1.97. The van der Waals surface area contributed by atoms with E-state index in [1.54, 1.807) is 0 Å². The number of amides is 1. The van der Waals surface area contributed by atoms with Crippen LogP contribution in [0.5, 0.6) is 0 Å². The molecule has 0 fully saturated rings. The zero-order valence-electron chi connectivity index (χ0n) is 11.3. The molecule has 2 aromatic heterocycles. The van der Waals surface area contributed by atoms with Gasteiger partial charge >= 0.3 is 6.18 Å². The van der Waals surface area contributed by atoms with Crippen molar-refractivity contribution >= 4 is 34.2 Å². The van der Waals surface area contributed by atoms with Crippen molar-refractivity contribution in [1.82, 2.24) is 15.2 Å². The average Bonchev–Trinajstić information content (AvgIpc) is 2.93. The van der Waals surface area contributed by atoms with Gasteiger partial charge in [-0.2, -0.15) is 18.3 Å². The van der Waals surface area contributed by atoms with Crippen molar-refractivity contribution in [2.24, 2.45) is 0 Å². The van der Waals surface area contributed by atoms with Gasteiger partial charge < -0.3 is 5.32 Å². The number of halogens is 4. The summed E-state index contributed by atoms with van der Waals surface area (Å²) in [7, 11) is 0. The summed E-state index contributed by atoms with van der Waals surface area (Å²) in [5.41, 5.74) is -1.16. The number of aromatic amines is 1. The van der Waals surface area contributed by atoms with Crippen molar-refractivity contribution in [2.75, 3.05) is 5.32 Å². The molecule has 0 radical (unpaired) electrons. The molecule has 3 aromatic rings. The van der Waals surface area contributed by atoms with Gasteiger partial charge in [0.1, 0.15) is 5.82 Å². The first-order chi connectivity index (χ1) is 10.9. The molecule has 2 heterocycles. The Kier molecular flexibility index (Phi) is 3.69. The van der Waals surface area contributed by atoms with Crippen molar-refractivity contribution < 1.29 is 18.0 Å². The maximum atomic E-state index is 13.0. The van der Waals surface area contributed by atoms with Gasteiger partial charge in [-0.15, -0.1) is 0 Å². The van der Waals surface area contributed by atoms with E-state index in [9.17, 15) is 18.0 Å². The number of hydrogen-bond acceptors (Lipinski definition) is 3. The molecule has 23 heavy (non-hydrogen) atoms. The van der Waals surface area contributed by atoms with Crippen molar-refractivity contribution in [3.05, 3.63) is 52.8 Å². The van der Waals surface area contributed by atoms with Crippen LogP contribution in [0.25, 0.3) is 10.9 Å². The topological polar surface area (TPSA) is 70.7 Å². The zero-order chi connectivity index (χ0) is 16.6. The van der Waals surface area contributed by atoms with Crippen LogP contribution in [0, 0.1) is 0 Å². The number of aromatic nitrogens is 3. The number of rotatable bonds is 2. The van der Waals surface area contributed by atoms with Gasteiger partial charge in [0.05, 0.1) is 27.9 Å². The number of H-pyrrole nitrogens is 1. The third-order valence-electron chi connectivity index (χ3n) is 3.11. The molecule has 3 rings (SSSR count). The van der Waals surface area contributed by atoms with Gasteiger partial charge in [0.25, 0.3) is 5.91 Å². The minimum atomic E-state index is -4.70. The monoisotopic (exact) mass is 340 g/mol. The van der Waals surface area contributed by atoms with E-state index in [-0.39, 0.29) is 10.8 Å². The molecule has 0 unspecified atom stereocenters. The molecule has 5 nitrogen and oxygen atoms in total. The van der Waals surface area contributed by atoms with Crippen LogP contribution < -0.4 is 5.32 Å². The van der Waals surface area contributed by atoms with Crippen LogP contribution in [-0.4, -0.2) is 21.1 Å². The van der Waals surface area contributed by atoms with Crippen LogP contribution in [0.1, 0.15) is 15.9 Å². The third kappa shape index (κ3) is 2.98. The number of nitrogens with one attached hydrogen (secondary N) is 2. The van der Waals surface area contributed by atoms with Crippen molar-refractivity contribution in [2.45, 2.75) is 6.18 Å². The molecule has 0 spiro atoms. The van der Waals surface area contributed by atoms with Crippen molar-refractivity contribution in [3.8, 4) is 0 Å². The van der Waals surface area contributed by atoms with Crippen molar-refractivity contribution in [1.29, 1.82) is 0 Å². The minimum absolute atomic E-state index is 0.0831. The number of anilines is 1. The molecule has 0 saturated carbocycles. The molecule has 0 saturated heterocycles. The number of pyridine rings is 1. The summed E-state index contributed by atoms with van der Waals surface area (Å²) in [6.07, 6.45) is -1.73. The predicted octanol–water partition coefficient (Wildman–Crippen LogP) is 3.88. The Morgan fingerprint density at radius 1 is 1.26 bits per heavy atom. The van der Waals surface area contributed by atoms with E-state index in [2.05, 4.69) is 20.5 Å². The van der Waals surface area contributed by atoms with E-state index in [0.717, 1.165) is 12.1 Å². The van der Waals surface area contributed by atoms with Gasteiger partial charge in [-0.1, -0.05) is 17.7 Å². The molecule has 9 heteroatoms. The highest BCUT2D eigenvalue weighted by molar-refractivity contribution is 6.34. The molecular formula is C14H8ClF3N4O. The molecule has 1 aromatic carbocycles. The van der Waals surface area contributed by atoms with Crippen LogP contribution in [0.4, 0.5) is 19.0 Å². The lowest BCUT2D eigenvalue weighted by Crippen LogP contribution is -2.19. The molecule has 0 aliphatic heterocycles. The summed E-state index contributed by atoms with van der Waals surface area (Å²) >= 11 is 5.78. The summed E-state index contributed by atoms with van der Waals surface area (Å²) in [6, 6.07) is 4.62. The SMILES string of the molecule is O=C(Nc1cc2[nH]ncc2cn1)c1c(Cl)cccc1C(F)(F)F. The molecule has 2 N–H and O–H groups in total. The molecule has 118 valence electrons. The van der Waals surface area contributed by atoms with Crippen LogP contribution in [0.2, 0.25) is 5.02 Å². The molecular weight excluding hydrogens is 333 g/mol. The fraction of sp³-hybridized carbons (Fsp3) is 0.0714. The van der Waals surface area contributed by atoms with E-state index < -0.39 is 23.2 Å². The first-order valence-corrected chi connectivity index (χ1v) is 6.70. The van der Waals surface area contributed by atoms with Gasteiger partial charge in [-0.3, -0.25) is 9.89 Å². The zero-order valence-corrected chi connectivity index (χ0v) is 12.0. The molecule has 1 amide bonds. The number of carbonyl (C=O) groups excluding carboxylic acids is 1. The lowest BCUT2D eigenvalue weighted by atomic mass is 10.1. The Morgan fingerprint density at radius 2 is 2.04 bits per heavy atom. The Labute approximate surface area is 132 Å². The fourth-order valence-electron chi connectivity index (χ4n) is 2.08. The maximum Gasteiger partial charge on any atom is 0.417 e. The van der Waals surface area contributed by atoms with Gasteiger partial charge in [0.15, 0.2) is 0 Å². The number of carbonyl (C=O) groups is 1. The van der Waals surface area contributed by atoms with Crippen LogP contribution in [0.15, 0.2) is 36.7 Å². The van der Waals surface area contributed by atoms with E-state index >= 15 is 0 Å². The third-order valence-corrected chi connectivity index (χ3v) is 3.43. The maximum absolute atomic E-state index is 13.0. The summed E-state index contributed by atoms with van der Waals surface area (Å²) in [6.45, 7) is 0. The van der Waals surface area contributed by atoms with Gasteiger partial charge in [0, 0.05) is 17.6 Å². The minimum Gasteiger partial charge on any atom is -0.306 e. The number of benzene rings is 1. The van der Waals surface area contributed by atoms with Crippen LogP contribution in [-0.2, 0) is 6.18 Å². The van der Waals surface area contributed by atoms with Gasteiger partial charge in [-0.25, -0.2) is 4.98 Å². The first kappa shape index (κ1) is 15.3. The highest BCUT2D eigenvalue weighted by Crippen LogP contribution is 2.35. The van der Waals surface area contributed by atoms with E-state index in [1.165, 1.54) is 24.5 Å². The second-order valence-electron chi connectivity index (χ2n) is 4.64. The van der Waals surface area contributed by atoms with Crippen LogP contribution >= 0.6 is 11.6 Å². The van der Waals surface area contributed by atoms with Crippen LogP contribution in [0.3, 0.4) is 0 Å². The standard InChI is InChI=1S/C14H8ClF3N4O/c15-9-3-1-2-8(14(16,17)18)12(9)13(23)21-11-4-10-7(5-19-11)6-20-22-10/h1-6H,(H,20,22)(H,19,21,23). The number of fused-ring (bicyclic) bond motifs is 1. The highest BCUT2D eigenvalue weighted by atomic mass is 35.5.